The number of para-hydroxylation sites is 1. The van der Waals surface area contributed by atoms with E-state index in [2.05, 4.69) is 18.2 Å². The van der Waals surface area contributed by atoms with Crippen LogP contribution in [0.15, 0.2) is 48.5 Å². The molecule has 0 saturated carbocycles. The third-order valence-corrected chi connectivity index (χ3v) is 2.11. The first-order valence-corrected chi connectivity index (χ1v) is 4.52. The van der Waals surface area contributed by atoms with Gasteiger partial charge in [0.25, 0.3) is 0 Å². The fourth-order valence-corrected chi connectivity index (χ4v) is 1.44. The van der Waals surface area contributed by atoms with E-state index in [-0.39, 0.29) is 18.9 Å². The van der Waals surface area contributed by atoms with Crippen LogP contribution in [0, 0.1) is 6.07 Å². The van der Waals surface area contributed by atoms with E-state index in [1.165, 1.54) is 0 Å². The predicted molar refractivity (Wildman–Crippen MR) is 57.3 cm³/mol. The van der Waals surface area contributed by atoms with E-state index in [0.29, 0.717) is 0 Å². The Morgan fingerprint density at radius 3 is 2.40 bits per heavy atom. The second-order valence-electron chi connectivity index (χ2n) is 2.98. The van der Waals surface area contributed by atoms with Gasteiger partial charge in [-0.15, -0.1) is 6.07 Å². The molecule has 0 saturated heterocycles. The van der Waals surface area contributed by atoms with Crippen LogP contribution >= 0.6 is 0 Å². The van der Waals surface area contributed by atoms with E-state index >= 15 is 0 Å². The Hall–Kier alpha value is -1.16. The molecule has 15 heavy (non-hydrogen) atoms. The van der Waals surface area contributed by atoms with Crippen LogP contribution in [0.5, 0.6) is 5.75 Å². The molecule has 0 heterocycles. The van der Waals surface area contributed by atoms with Crippen molar-refractivity contribution in [2.45, 2.75) is 0 Å². The summed E-state index contributed by atoms with van der Waals surface area (Å²) in [6.45, 7) is 0. The van der Waals surface area contributed by atoms with Crippen LogP contribution in [0.1, 0.15) is 0 Å². The van der Waals surface area contributed by atoms with Crippen molar-refractivity contribution < 1.29 is 23.6 Å². The monoisotopic (exact) mass is 190 g/mol. The summed E-state index contributed by atoms with van der Waals surface area (Å²) >= 11 is 0. The maximum Gasteiger partial charge on any atom is 1.00 e. The number of hydrogen-bond donors (Lipinski definition) is 0. The maximum atomic E-state index is 5.24. The van der Waals surface area contributed by atoms with E-state index in [1.54, 1.807) is 7.11 Å². The Labute approximate surface area is 102 Å². The molecule has 0 unspecified atom stereocenters. The molecule has 0 fully saturated rings. The smallest absolute Gasteiger partial charge is 0.522 e. The fraction of sp³-hybridized carbons (Fsp3) is 0.0769. The molecule has 0 bridgehead atoms. The molecule has 0 spiro atoms. The Morgan fingerprint density at radius 1 is 1.00 bits per heavy atom. The molecule has 0 aliphatic rings. The summed E-state index contributed by atoms with van der Waals surface area (Å²) in [5.74, 6) is 0.790. The minimum absolute atomic E-state index is 0. The fourth-order valence-electron chi connectivity index (χ4n) is 1.44. The maximum absolute atomic E-state index is 5.24. The van der Waals surface area contributed by atoms with Gasteiger partial charge in [-0.1, -0.05) is 41.5 Å². The van der Waals surface area contributed by atoms with E-state index in [0.717, 1.165) is 16.9 Å². The first kappa shape index (κ1) is 11.9. The molecule has 0 aromatic heterocycles. The summed E-state index contributed by atoms with van der Waals surface area (Å²) in [5.41, 5.74) is 2.23. The van der Waals surface area contributed by atoms with Gasteiger partial charge >= 0.3 is 18.9 Å². The second-order valence-corrected chi connectivity index (χ2v) is 2.98. The van der Waals surface area contributed by atoms with Crippen molar-refractivity contribution in [1.29, 1.82) is 0 Å². The zero-order valence-electron chi connectivity index (χ0n) is 9.03. The van der Waals surface area contributed by atoms with Gasteiger partial charge in [0.05, 0.1) is 7.11 Å². The topological polar surface area (TPSA) is 9.23 Å². The quantitative estimate of drug-likeness (QED) is 0.484. The zero-order chi connectivity index (χ0) is 9.80. The molecule has 0 amide bonds. The number of benzene rings is 2. The predicted octanol–water partition coefficient (Wildman–Crippen LogP) is 0.166. The van der Waals surface area contributed by atoms with Gasteiger partial charge in [-0.3, -0.25) is 0 Å². The van der Waals surface area contributed by atoms with Gasteiger partial charge in [0.1, 0.15) is 0 Å². The van der Waals surface area contributed by atoms with Crippen LogP contribution < -0.4 is 23.6 Å². The third-order valence-electron chi connectivity index (χ3n) is 2.11. The van der Waals surface area contributed by atoms with Crippen LogP contribution in [-0.2, 0) is 0 Å². The first-order valence-electron chi connectivity index (χ1n) is 4.52. The molecule has 0 atom stereocenters. The summed E-state index contributed by atoms with van der Waals surface area (Å²) in [4.78, 5) is 0. The van der Waals surface area contributed by atoms with Crippen LogP contribution in [0.2, 0.25) is 0 Å². The Bertz CT molecular complexity index is 412. The van der Waals surface area contributed by atoms with Gasteiger partial charge < -0.3 is 4.74 Å². The number of rotatable bonds is 2. The summed E-state index contributed by atoms with van der Waals surface area (Å²) in [7, 11) is 1.66. The standard InChI is InChI=1S/C13H11O.Li/c1-14-13-10-6-5-9-12(13)11-7-3-2-4-8-11;/h2-9H,1H3;/q-1;+1. The van der Waals surface area contributed by atoms with Gasteiger partial charge in [0.15, 0.2) is 0 Å². The molecule has 70 valence electrons. The molecule has 2 aromatic rings. The molecule has 0 radical (unpaired) electrons. The number of methoxy groups -OCH3 is 1. The van der Waals surface area contributed by atoms with Crippen LogP contribution in [0.3, 0.4) is 0 Å². The molecule has 2 aromatic carbocycles. The number of hydrogen-bond acceptors (Lipinski definition) is 1. The van der Waals surface area contributed by atoms with Gasteiger partial charge in [0, 0.05) is 5.75 Å². The van der Waals surface area contributed by atoms with Gasteiger partial charge in [0.2, 0.25) is 0 Å². The van der Waals surface area contributed by atoms with E-state index < -0.39 is 0 Å². The van der Waals surface area contributed by atoms with E-state index in [1.807, 2.05) is 36.4 Å². The zero-order valence-corrected chi connectivity index (χ0v) is 9.03. The molecular formula is C13H11LiO. The summed E-state index contributed by atoms with van der Waals surface area (Å²) in [5, 5.41) is 0. The van der Waals surface area contributed by atoms with Gasteiger partial charge in [-0.25, -0.2) is 0 Å². The van der Waals surface area contributed by atoms with Gasteiger partial charge in [-0.2, -0.15) is 18.2 Å². The van der Waals surface area contributed by atoms with Crippen molar-refractivity contribution in [1.82, 2.24) is 0 Å². The Kier molecular flexibility index (Phi) is 4.49. The van der Waals surface area contributed by atoms with E-state index in [4.69, 9.17) is 4.74 Å². The molecule has 0 aliphatic carbocycles. The summed E-state index contributed by atoms with van der Waals surface area (Å²) < 4.78 is 5.24. The second kappa shape index (κ2) is 5.65. The van der Waals surface area contributed by atoms with Crippen LogP contribution in [-0.4, -0.2) is 7.11 Å². The van der Waals surface area contributed by atoms with Crippen molar-refractivity contribution >= 4 is 0 Å². The van der Waals surface area contributed by atoms with Crippen molar-refractivity contribution in [2.24, 2.45) is 0 Å². The molecular weight excluding hydrogens is 179 g/mol. The Morgan fingerprint density at radius 2 is 1.73 bits per heavy atom. The SMILES string of the molecule is COc1[c-]cccc1-c1ccccc1.[Li+]. The van der Waals surface area contributed by atoms with Crippen LogP contribution in [0.4, 0.5) is 0 Å². The summed E-state index contributed by atoms with van der Waals surface area (Å²) in [6, 6.07) is 19.1. The molecule has 2 rings (SSSR count). The molecule has 0 N–H and O–H groups in total. The first-order chi connectivity index (χ1) is 6.92. The average molecular weight is 190 g/mol. The summed E-state index contributed by atoms with van der Waals surface area (Å²) in [6.07, 6.45) is 0. The van der Waals surface area contributed by atoms with Gasteiger partial charge in [-0.05, 0) is 0 Å². The minimum Gasteiger partial charge on any atom is -0.522 e. The largest absolute Gasteiger partial charge is 1.00 e. The van der Waals surface area contributed by atoms with Crippen molar-refractivity contribution in [3.8, 4) is 16.9 Å². The normalized spacial score (nSPS) is 9.13. The van der Waals surface area contributed by atoms with Crippen molar-refractivity contribution in [3.63, 3.8) is 0 Å². The average Bonchev–Trinajstić information content (AvgIpc) is 2.30. The van der Waals surface area contributed by atoms with Crippen molar-refractivity contribution in [3.05, 3.63) is 54.6 Å². The molecule has 1 nitrogen and oxygen atoms in total. The van der Waals surface area contributed by atoms with Crippen molar-refractivity contribution in [2.75, 3.05) is 7.11 Å². The molecule has 0 aliphatic heterocycles. The van der Waals surface area contributed by atoms with E-state index in [9.17, 15) is 0 Å². The van der Waals surface area contributed by atoms with Crippen LogP contribution in [0.25, 0.3) is 11.1 Å². The third kappa shape index (κ3) is 2.65. The minimum atomic E-state index is 0. The Balaban J connectivity index is 0.00000112. The molecule has 2 heteroatoms. The number of ether oxygens (including phenoxy) is 1.